The van der Waals surface area contributed by atoms with Gasteiger partial charge in [-0.05, 0) is 36.8 Å². The first kappa shape index (κ1) is 24.4. The Hall–Kier alpha value is -3.87. The summed E-state index contributed by atoms with van der Waals surface area (Å²) < 4.78 is 46.0. The second-order valence-corrected chi connectivity index (χ2v) is 6.17. The normalized spacial score (nSPS) is 15.0. The maximum Gasteiger partial charge on any atom is 0.306 e. The lowest BCUT2D eigenvalue weighted by Gasteiger charge is -2.18. The molecule has 0 fully saturated rings. The molecule has 3 rings (SSSR count). The predicted octanol–water partition coefficient (Wildman–Crippen LogP) is 6.57. The zero-order chi connectivity index (χ0) is 23.8. The smallest absolute Gasteiger partial charge is 0.306 e. The van der Waals surface area contributed by atoms with Crippen LogP contribution in [0, 0.1) is 0 Å². The summed E-state index contributed by atoms with van der Waals surface area (Å²) in [5.74, 6) is -3.14. The number of ether oxygens (including phenoxy) is 1. The van der Waals surface area contributed by atoms with Crippen LogP contribution >= 0.6 is 0 Å². The third kappa shape index (κ3) is 4.88. The van der Waals surface area contributed by atoms with Gasteiger partial charge in [0.15, 0.2) is 5.83 Å². The molecule has 0 spiro atoms. The largest absolute Gasteiger partial charge is 0.457 e. The van der Waals surface area contributed by atoms with E-state index in [1.165, 1.54) is 24.3 Å². The van der Waals surface area contributed by atoms with Gasteiger partial charge in [-0.1, -0.05) is 57.4 Å². The minimum absolute atomic E-state index is 0.0186. The summed E-state index contributed by atoms with van der Waals surface area (Å²) in [7, 11) is 0. The molecule has 0 atom stereocenters. The van der Waals surface area contributed by atoms with Gasteiger partial charge in [0.2, 0.25) is 0 Å². The number of allylic oxidation sites excluding steroid dienone is 5. The monoisotopic (exact) mass is 441 g/mol. The van der Waals surface area contributed by atoms with Crippen LogP contribution in [-0.2, 0) is 9.59 Å². The Morgan fingerprint density at radius 3 is 2.22 bits per heavy atom. The number of amides is 2. The molecule has 0 saturated carbocycles. The van der Waals surface area contributed by atoms with Crippen molar-refractivity contribution in [1.82, 2.24) is 0 Å². The fraction of sp³-hybridized carbons (Fsp3) is 0.120. The van der Waals surface area contributed by atoms with Gasteiger partial charge >= 0.3 is 6.08 Å². The van der Waals surface area contributed by atoms with Gasteiger partial charge in [0.05, 0.1) is 22.4 Å². The third-order valence-electron chi connectivity index (χ3n) is 4.37. The highest BCUT2D eigenvalue weighted by Gasteiger charge is 2.37. The van der Waals surface area contributed by atoms with Crippen molar-refractivity contribution in [1.29, 1.82) is 0 Å². The van der Waals surface area contributed by atoms with E-state index in [1.807, 2.05) is 19.9 Å². The van der Waals surface area contributed by atoms with Crippen molar-refractivity contribution in [2.45, 2.75) is 20.3 Å². The SMILES string of the molecule is C=CC1=C(C=C)C(=O)N(c2ccc(OC3=CC=CCC=C3)c(C(F)=C(F)F)c2)C1=O.CC. The van der Waals surface area contributed by atoms with Gasteiger partial charge in [0.25, 0.3) is 11.8 Å². The zero-order valence-electron chi connectivity index (χ0n) is 17.7. The fourth-order valence-corrected chi connectivity index (χ4v) is 2.97. The second kappa shape index (κ2) is 10.9. The van der Waals surface area contributed by atoms with Crippen LogP contribution in [0.5, 0.6) is 5.75 Å². The van der Waals surface area contributed by atoms with Crippen LogP contribution < -0.4 is 9.64 Å². The molecule has 2 aliphatic rings. The highest BCUT2D eigenvalue weighted by molar-refractivity contribution is 6.34. The van der Waals surface area contributed by atoms with Crippen molar-refractivity contribution in [3.63, 3.8) is 0 Å². The van der Waals surface area contributed by atoms with Crippen molar-refractivity contribution in [3.05, 3.63) is 102 Å². The number of nitrogens with zero attached hydrogens (tertiary/aromatic N) is 1. The average molecular weight is 441 g/mol. The molecule has 1 aliphatic heterocycles. The van der Waals surface area contributed by atoms with Crippen LogP contribution in [0.4, 0.5) is 18.9 Å². The molecule has 0 bridgehead atoms. The van der Waals surface area contributed by atoms with Gasteiger partial charge in [-0.2, -0.15) is 8.78 Å². The number of benzene rings is 1. The standard InChI is InChI=1S/C23H16F3NO3.C2H6/c1-3-16-17(4-2)23(29)27(22(16)28)14-11-12-19(18(13-14)20(24)21(25)26)30-15-9-7-5-6-8-10-15;1-2/h3-5,7-13H,1-2,6H2;1-2H3. The van der Waals surface area contributed by atoms with Gasteiger partial charge < -0.3 is 4.74 Å². The number of hydrogen-bond acceptors (Lipinski definition) is 3. The quantitative estimate of drug-likeness (QED) is 0.469. The number of carbonyl (C=O) groups excluding carboxylic acids is 2. The number of rotatable bonds is 6. The molecule has 0 unspecified atom stereocenters. The Balaban J connectivity index is 0.00000176. The van der Waals surface area contributed by atoms with E-state index in [2.05, 4.69) is 13.2 Å². The Bertz CT molecular complexity index is 1070. The van der Waals surface area contributed by atoms with E-state index in [0.29, 0.717) is 12.2 Å². The molecule has 0 aromatic heterocycles. The summed E-state index contributed by atoms with van der Waals surface area (Å²) in [6, 6.07) is 3.49. The van der Waals surface area contributed by atoms with Crippen molar-refractivity contribution in [2.24, 2.45) is 0 Å². The molecule has 166 valence electrons. The molecule has 1 heterocycles. The number of anilines is 1. The van der Waals surface area contributed by atoms with Gasteiger partial charge in [-0.15, -0.1) is 0 Å². The summed E-state index contributed by atoms with van der Waals surface area (Å²) in [4.78, 5) is 25.9. The van der Waals surface area contributed by atoms with Gasteiger partial charge in [-0.3, -0.25) is 9.59 Å². The molecule has 32 heavy (non-hydrogen) atoms. The van der Waals surface area contributed by atoms with Crippen LogP contribution in [0.3, 0.4) is 0 Å². The molecule has 1 aromatic carbocycles. The summed E-state index contributed by atoms with van der Waals surface area (Å²) in [6.45, 7) is 11.0. The van der Waals surface area contributed by atoms with Gasteiger partial charge in [-0.25, -0.2) is 9.29 Å². The Kier molecular flexibility index (Phi) is 8.35. The van der Waals surface area contributed by atoms with Crippen molar-refractivity contribution >= 4 is 23.3 Å². The molecule has 2 amide bonds. The van der Waals surface area contributed by atoms with Crippen molar-refractivity contribution < 1.29 is 27.5 Å². The molecule has 0 saturated heterocycles. The summed E-state index contributed by atoms with van der Waals surface area (Å²) in [6.07, 6.45) is 9.08. The molecule has 1 aromatic rings. The predicted molar refractivity (Wildman–Crippen MR) is 120 cm³/mol. The first-order valence-corrected chi connectivity index (χ1v) is 9.83. The maximum atomic E-state index is 14.3. The Morgan fingerprint density at radius 1 is 1.03 bits per heavy atom. The zero-order valence-corrected chi connectivity index (χ0v) is 17.7. The lowest BCUT2D eigenvalue weighted by atomic mass is 10.1. The highest BCUT2D eigenvalue weighted by atomic mass is 19.3. The summed E-state index contributed by atoms with van der Waals surface area (Å²) >= 11 is 0. The first-order chi connectivity index (χ1) is 15.4. The summed E-state index contributed by atoms with van der Waals surface area (Å²) in [5.41, 5.74) is -0.650. The van der Waals surface area contributed by atoms with Crippen molar-refractivity contribution in [2.75, 3.05) is 4.90 Å². The molecule has 0 N–H and O–H groups in total. The third-order valence-corrected chi connectivity index (χ3v) is 4.37. The number of halogens is 3. The van der Waals surface area contributed by atoms with E-state index < -0.39 is 29.3 Å². The van der Waals surface area contributed by atoms with Crippen LogP contribution in [-0.4, -0.2) is 11.8 Å². The molecule has 1 aliphatic carbocycles. The topological polar surface area (TPSA) is 46.6 Å². The van der Waals surface area contributed by atoms with Crippen LogP contribution in [0.2, 0.25) is 0 Å². The van der Waals surface area contributed by atoms with Gasteiger partial charge in [0, 0.05) is 0 Å². The Labute approximate surface area is 184 Å². The first-order valence-electron chi connectivity index (χ1n) is 9.83. The van der Waals surface area contributed by atoms with Gasteiger partial charge in [0.1, 0.15) is 11.5 Å². The van der Waals surface area contributed by atoms with Crippen LogP contribution in [0.15, 0.2) is 96.9 Å². The van der Waals surface area contributed by atoms with E-state index in [0.717, 1.165) is 11.0 Å². The lowest BCUT2D eigenvalue weighted by molar-refractivity contribution is -0.120. The molecular weight excluding hydrogens is 419 g/mol. The van der Waals surface area contributed by atoms with E-state index >= 15 is 0 Å². The Morgan fingerprint density at radius 2 is 1.66 bits per heavy atom. The van der Waals surface area contributed by atoms with Crippen LogP contribution in [0.1, 0.15) is 25.8 Å². The molecular formula is C25H22F3NO3. The minimum atomic E-state index is -2.56. The molecule has 7 heteroatoms. The fourth-order valence-electron chi connectivity index (χ4n) is 2.97. The van der Waals surface area contributed by atoms with Crippen LogP contribution in [0.25, 0.3) is 5.83 Å². The van der Waals surface area contributed by atoms with E-state index in [4.69, 9.17) is 4.74 Å². The van der Waals surface area contributed by atoms with E-state index in [-0.39, 0.29) is 22.6 Å². The number of hydrogen-bond donors (Lipinski definition) is 0. The molecule has 0 radical (unpaired) electrons. The summed E-state index contributed by atoms with van der Waals surface area (Å²) in [5, 5.41) is 0. The second-order valence-electron chi connectivity index (χ2n) is 6.17. The molecule has 4 nitrogen and oxygen atoms in total. The number of imide groups is 1. The maximum absolute atomic E-state index is 14.3. The lowest BCUT2D eigenvalue weighted by Crippen LogP contribution is -2.31. The number of carbonyl (C=O) groups is 2. The van der Waals surface area contributed by atoms with E-state index in [1.54, 1.807) is 24.3 Å². The highest BCUT2D eigenvalue weighted by Crippen LogP contribution is 2.37. The van der Waals surface area contributed by atoms with Crippen molar-refractivity contribution in [3.8, 4) is 5.75 Å². The average Bonchev–Trinajstić information content (AvgIpc) is 2.95. The van der Waals surface area contributed by atoms with E-state index in [9.17, 15) is 22.8 Å². The minimum Gasteiger partial charge on any atom is -0.457 e.